The molecule has 35 heavy (non-hydrogen) atoms. The first-order chi connectivity index (χ1) is 16.6. The number of aromatic nitrogens is 6. The van der Waals surface area contributed by atoms with E-state index in [-0.39, 0.29) is 48.7 Å². The van der Waals surface area contributed by atoms with Crippen molar-refractivity contribution in [3.8, 4) is 0 Å². The van der Waals surface area contributed by atoms with Crippen LogP contribution in [0, 0.1) is 0 Å². The largest absolute Gasteiger partial charge is 0.373 e. The molecule has 5 rings (SSSR count). The minimum absolute atomic E-state index is 0.0155. The third kappa shape index (κ3) is 4.55. The molecule has 3 aromatic heterocycles. The van der Waals surface area contributed by atoms with E-state index < -0.39 is 29.6 Å². The topological polar surface area (TPSA) is 87.7 Å². The number of aryl methyl sites for hydroxylation is 1. The SMILES string of the molecule is Cn1cc([C@@H]2C[C@H](c3nc(C4CCC(F)(F)CC4)c4nc(C(F)F)n(C)c(=O)c4n3)CCO2)cn1. The molecule has 0 aromatic carbocycles. The lowest BCUT2D eigenvalue weighted by Gasteiger charge is -2.30. The molecule has 1 aliphatic carbocycles. The highest BCUT2D eigenvalue weighted by Gasteiger charge is 2.38. The molecule has 1 saturated heterocycles. The van der Waals surface area contributed by atoms with Crippen LogP contribution in [0.2, 0.25) is 0 Å². The van der Waals surface area contributed by atoms with Gasteiger partial charge in [0.15, 0.2) is 11.3 Å². The maximum atomic E-state index is 13.8. The van der Waals surface area contributed by atoms with Crippen molar-refractivity contribution in [1.29, 1.82) is 0 Å². The summed E-state index contributed by atoms with van der Waals surface area (Å²) in [5.74, 6) is -3.65. The van der Waals surface area contributed by atoms with E-state index in [1.54, 1.807) is 10.9 Å². The molecule has 0 radical (unpaired) electrons. The first-order valence-electron chi connectivity index (χ1n) is 11.7. The third-order valence-corrected chi connectivity index (χ3v) is 7.05. The van der Waals surface area contributed by atoms with Gasteiger partial charge in [0.05, 0.1) is 18.0 Å². The second-order valence-corrected chi connectivity index (χ2v) is 9.46. The highest BCUT2D eigenvalue weighted by molar-refractivity contribution is 5.76. The molecule has 0 amide bonds. The molecule has 2 fully saturated rings. The van der Waals surface area contributed by atoms with E-state index in [0.29, 0.717) is 31.0 Å². The Kier molecular flexibility index (Phi) is 6.10. The second kappa shape index (κ2) is 8.96. The van der Waals surface area contributed by atoms with Crippen molar-refractivity contribution in [1.82, 2.24) is 29.3 Å². The van der Waals surface area contributed by atoms with Gasteiger partial charge in [0.25, 0.3) is 12.0 Å². The summed E-state index contributed by atoms with van der Waals surface area (Å²) in [6.45, 7) is 0.442. The van der Waals surface area contributed by atoms with Crippen LogP contribution in [0.15, 0.2) is 17.2 Å². The number of hydrogen-bond acceptors (Lipinski definition) is 6. The first-order valence-corrected chi connectivity index (χ1v) is 11.7. The Labute approximate surface area is 198 Å². The highest BCUT2D eigenvalue weighted by atomic mass is 19.3. The van der Waals surface area contributed by atoms with Gasteiger partial charge in [-0.1, -0.05) is 0 Å². The lowest BCUT2D eigenvalue weighted by Crippen LogP contribution is -2.28. The van der Waals surface area contributed by atoms with Crippen molar-refractivity contribution < 1.29 is 22.3 Å². The first kappa shape index (κ1) is 23.8. The fraction of sp³-hybridized carbons (Fsp3) is 0.609. The maximum Gasteiger partial charge on any atom is 0.295 e. The maximum absolute atomic E-state index is 13.8. The van der Waals surface area contributed by atoms with Crippen molar-refractivity contribution in [2.75, 3.05) is 6.61 Å². The molecule has 3 aromatic rings. The van der Waals surface area contributed by atoms with Gasteiger partial charge in [-0.25, -0.2) is 32.5 Å². The quantitative estimate of drug-likeness (QED) is 0.502. The van der Waals surface area contributed by atoms with E-state index in [1.807, 2.05) is 13.2 Å². The smallest absolute Gasteiger partial charge is 0.295 e. The summed E-state index contributed by atoms with van der Waals surface area (Å²) in [5.41, 5.74) is 0.445. The average molecular weight is 494 g/mol. The van der Waals surface area contributed by atoms with E-state index in [9.17, 15) is 22.4 Å². The van der Waals surface area contributed by atoms with E-state index in [0.717, 1.165) is 10.1 Å². The third-order valence-electron chi connectivity index (χ3n) is 7.05. The van der Waals surface area contributed by atoms with Gasteiger partial charge in [-0.05, 0) is 25.7 Å². The number of nitrogens with zero attached hydrogens (tertiary/aromatic N) is 6. The normalized spacial score (nSPS) is 23.3. The lowest BCUT2D eigenvalue weighted by atomic mass is 9.84. The minimum Gasteiger partial charge on any atom is -0.373 e. The van der Waals surface area contributed by atoms with Crippen molar-refractivity contribution in [3.05, 3.63) is 45.7 Å². The second-order valence-electron chi connectivity index (χ2n) is 9.46. The number of hydrogen-bond donors (Lipinski definition) is 0. The summed E-state index contributed by atoms with van der Waals surface area (Å²) < 4.78 is 63.3. The Morgan fingerprint density at radius 2 is 1.80 bits per heavy atom. The molecular weight excluding hydrogens is 468 g/mol. The van der Waals surface area contributed by atoms with Crippen molar-refractivity contribution in [3.63, 3.8) is 0 Å². The van der Waals surface area contributed by atoms with Gasteiger partial charge in [0.2, 0.25) is 5.92 Å². The number of halogens is 4. The Morgan fingerprint density at radius 3 is 2.46 bits per heavy atom. The number of fused-ring (bicyclic) bond motifs is 1. The molecule has 2 aliphatic rings. The predicted octanol–water partition coefficient (Wildman–Crippen LogP) is 4.32. The number of alkyl halides is 4. The van der Waals surface area contributed by atoms with Gasteiger partial charge in [0, 0.05) is 57.1 Å². The standard InChI is InChI=1S/C23H26F4N6O2/c1-32-11-14(10-28-32)15-9-13(5-8-35-15)20-29-16(12-3-6-23(26,27)7-4-12)17-18(30-20)22(34)33(2)21(31-17)19(24)25/h10-13,15,19H,3-9H2,1-2H3/t13-,15+/m1/s1. The van der Waals surface area contributed by atoms with Gasteiger partial charge in [-0.15, -0.1) is 0 Å². The summed E-state index contributed by atoms with van der Waals surface area (Å²) in [6, 6.07) is 0. The van der Waals surface area contributed by atoms with E-state index >= 15 is 0 Å². The van der Waals surface area contributed by atoms with Gasteiger partial charge in [-0.3, -0.25) is 14.0 Å². The van der Waals surface area contributed by atoms with Crippen LogP contribution in [0.3, 0.4) is 0 Å². The Bertz CT molecular complexity index is 1300. The monoisotopic (exact) mass is 494 g/mol. The molecule has 188 valence electrons. The Balaban J connectivity index is 1.60. The van der Waals surface area contributed by atoms with Gasteiger partial charge in [0.1, 0.15) is 11.3 Å². The zero-order valence-electron chi connectivity index (χ0n) is 19.4. The summed E-state index contributed by atoms with van der Waals surface area (Å²) in [4.78, 5) is 26.3. The molecule has 1 aliphatic heterocycles. The van der Waals surface area contributed by atoms with Crippen molar-refractivity contribution in [2.24, 2.45) is 14.1 Å². The van der Waals surface area contributed by atoms with Gasteiger partial charge in [-0.2, -0.15) is 5.10 Å². The van der Waals surface area contributed by atoms with Crippen LogP contribution in [-0.4, -0.2) is 41.8 Å². The zero-order chi connectivity index (χ0) is 24.9. The number of rotatable bonds is 4. The molecule has 1 saturated carbocycles. The molecule has 2 atom stereocenters. The summed E-state index contributed by atoms with van der Waals surface area (Å²) in [6.07, 6.45) is 1.14. The molecule has 12 heteroatoms. The zero-order valence-corrected chi connectivity index (χ0v) is 19.4. The fourth-order valence-electron chi connectivity index (χ4n) is 5.05. The van der Waals surface area contributed by atoms with E-state index in [2.05, 4.69) is 15.1 Å². The average Bonchev–Trinajstić information content (AvgIpc) is 3.27. The molecule has 0 bridgehead atoms. The summed E-state index contributed by atoms with van der Waals surface area (Å²) in [7, 11) is 3.04. The molecule has 0 N–H and O–H groups in total. The molecular formula is C23H26F4N6O2. The predicted molar refractivity (Wildman–Crippen MR) is 118 cm³/mol. The van der Waals surface area contributed by atoms with Crippen LogP contribution < -0.4 is 5.56 Å². The summed E-state index contributed by atoms with van der Waals surface area (Å²) >= 11 is 0. The van der Waals surface area contributed by atoms with Crippen LogP contribution >= 0.6 is 0 Å². The summed E-state index contributed by atoms with van der Waals surface area (Å²) in [5, 5.41) is 4.19. The fourth-order valence-corrected chi connectivity index (χ4v) is 5.05. The molecule has 0 unspecified atom stereocenters. The van der Waals surface area contributed by atoms with Crippen LogP contribution in [-0.2, 0) is 18.8 Å². The molecule has 4 heterocycles. The van der Waals surface area contributed by atoms with Crippen LogP contribution in [0.25, 0.3) is 11.0 Å². The van der Waals surface area contributed by atoms with Crippen molar-refractivity contribution in [2.45, 2.75) is 68.8 Å². The van der Waals surface area contributed by atoms with Crippen LogP contribution in [0.4, 0.5) is 17.6 Å². The van der Waals surface area contributed by atoms with Gasteiger partial charge >= 0.3 is 0 Å². The van der Waals surface area contributed by atoms with Crippen LogP contribution in [0.1, 0.15) is 85.8 Å². The van der Waals surface area contributed by atoms with Gasteiger partial charge < -0.3 is 4.74 Å². The lowest BCUT2D eigenvalue weighted by molar-refractivity contribution is -0.0384. The highest BCUT2D eigenvalue weighted by Crippen LogP contribution is 2.43. The Hall–Kier alpha value is -2.89. The number of ether oxygens (including phenoxy) is 1. The van der Waals surface area contributed by atoms with Crippen LogP contribution in [0.5, 0.6) is 0 Å². The van der Waals surface area contributed by atoms with Crippen molar-refractivity contribution >= 4 is 11.0 Å². The van der Waals surface area contributed by atoms with E-state index in [4.69, 9.17) is 9.72 Å². The van der Waals surface area contributed by atoms with E-state index in [1.165, 1.54) is 7.05 Å². The minimum atomic E-state index is -2.98. The molecule has 8 nitrogen and oxygen atoms in total. The Morgan fingerprint density at radius 1 is 1.06 bits per heavy atom. The molecule has 0 spiro atoms.